The summed E-state index contributed by atoms with van der Waals surface area (Å²) in [6.45, 7) is 4.27. The number of aliphatic hydroxyl groups excluding tert-OH is 1. The molecule has 0 saturated carbocycles. The molecule has 18 heavy (non-hydrogen) atoms. The number of aryl methyl sites for hydroxylation is 1. The molecule has 2 rings (SSSR count). The summed E-state index contributed by atoms with van der Waals surface area (Å²) in [4.78, 5) is 13.9. The molecule has 1 amide bonds. The molecule has 0 spiro atoms. The Morgan fingerprint density at radius 1 is 1.56 bits per heavy atom. The lowest BCUT2D eigenvalue weighted by Gasteiger charge is -2.25. The van der Waals surface area contributed by atoms with Crippen LogP contribution in [0.25, 0.3) is 0 Å². The highest BCUT2D eigenvalue weighted by Gasteiger charge is 2.34. The average molecular weight is 251 g/mol. The predicted molar refractivity (Wildman–Crippen MR) is 66.8 cm³/mol. The van der Waals surface area contributed by atoms with E-state index < -0.39 is 0 Å². The van der Waals surface area contributed by atoms with Crippen molar-refractivity contribution in [2.75, 3.05) is 13.2 Å². The van der Waals surface area contributed by atoms with Crippen molar-refractivity contribution < 1.29 is 14.3 Å². The monoisotopic (exact) mass is 251 g/mol. The van der Waals surface area contributed by atoms with Crippen molar-refractivity contribution >= 4 is 5.91 Å². The highest BCUT2D eigenvalue weighted by molar-refractivity contribution is 5.94. The molecular formula is C14H18FNO2. The van der Waals surface area contributed by atoms with Gasteiger partial charge in [-0.05, 0) is 37.0 Å². The lowest BCUT2D eigenvalue weighted by molar-refractivity contribution is 0.0647. The fraction of sp³-hybridized carbons (Fsp3) is 0.500. The fourth-order valence-corrected chi connectivity index (χ4v) is 2.43. The molecule has 1 aromatic carbocycles. The maximum Gasteiger partial charge on any atom is 0.254 e. The molecule has 1 aliphatic heterocycles. The van der Waals surface area contributed by atoms with Gasteiger partial charge in [-0.3, -0.25) is 4.79 Å². The van der Waals surface area contributed by atoms with E-state index in [4.69, 9.17) is 0 Å². The van der Waals surface area contributed by atoms with Crippen LogP contribution in [0, 0.1) is 18.7 Å². The molecule has 1 aromatic rings. The third kappa shape index (κ3) is 2.25. The third-order valence-electron chi connectivity index (χ3n) is 3.75. The lowest BCUT2D eigenvalue weighted by Crippen LogP contribution is -2.39. The van der Waals surface area contributed by atoms with E-state index in [1.807, 2.05) is 6.92 Å². The number of rotatable bonds is 2. The number of aliphatic hydroxyl groups is 1. The second-order valence-corrected chi connectivity index (χ2v) is 4.98. The van der Waals surface area contributed by atoms with E-state index in [0.717, 1.165) is 6.42 Å². The molecule has 1 fully saturated rings. The zero-order valence-corrected chi connectivity index (χ0v) is 10.7. The second kappa shape index (κ2) is 5.06. The Balaban J connectivity index is 2.23. The lowest BCUT2D eigenvalue weighted by atomic mass is 10.0. The summed E-state index contributed by atoms with van der Waals surface area (Å²) in [5.41, 5.74) is 0.880. The second-order valence-electron chi connectivity index (χ2n) is 4.98. The van der Waals surface area contributed by atoms with E-state index in [2.05, 4.69) is 0 Å². The molecule has 0 bridgehead atoms. The molecule has 1 heterocycles. The van der Waals surface area contributed by atoms with Crippen LogP contribution in [0.4, 0.5) is 4.39 Å². The molecule has 0 aliphatic carbocycles. The van der Waals surface area contributed by atoms with Crippen LogP contribution in [0.3, 0.4) is 0 Å². The molecule has 98 valence electrons. The number of benzene rings is 1. The van der Waals surface area contributed by atoms with Crippen molar-refractivity contribution in [3.05, 3.63) is 35.1 Å². The maximum atomic E-state index is 13.5. The Morgan fingerprint density at radius 3 is 2.89 bits per heavy atom. The van der Waals surface area contributed by atoms with Gasteiger partial charge in [-0.15, -0.1) is 0 Å². The summed E-state index contributed by atoms with van der Waals surface area (Å²) in [5.74, 6) is -0.278. The first-order valence-corrected chi connectivity index (χ1v) is 6.22. The van der Waals surface area contributed by atoms with Gasteiger partial charge in [0.25, 0.3) is 5.91 Å². The zero-order valence-electron chi connectivity index (χ0n) is 10.7. The van der Waals surface area contributed by atoms with Crippen molar-refractivity contribution in [1.29, 1.82) is 0 Å². The Labute approximate surface area is 106 Å². The van der Waals surface area contributed by atoms with Crippen LogP contribution >= 0.6 is 0 Å². The Hall–Kier alpha value is -1.42. The summed E-state index contributed by atoms with van der Waals surface area (Å²) in [6, 6.07) is 4.37. The SMILES string of the molecule is Cc1ccc(C(=O)N2CCC(C)C2CO)cc1F. The normalized spacial score (nSPS) is 23.4. The first-order chi connectivity index (χ1) is 8.54. The zero-order chi connectivity index (χ0) is 13.3. The summed E-state index contributed by atoms with van der Waals surface area (Å²) in [5, 5.41) is 9.33. The van der Waals surface area contributed by atoms with Gasteiger partial charge < -0.3 is 10.0 Å². The van der Waals surface area contributed by atoms with Gasteiger partial charge in [-0.2, -0.15) is 0 Å². The van der Waals surface area contributed by atoms with Crippen molar-refractivity contribution in [2.24, 2.45) is 5.92 Å². The highest BCUT2D eigenvalue weighted by Crippen LogP contribution is 2.25. The minimum Gasteiger partial charge on any atom is -0.394 e. The number of hydrogen-bond donors (Lipinski definition) is 1. The standard InChI is InChI=1S/C14H18FNO2/c1-9-3-4-11(7-12(9)15)14(18)16-6-5-10(2)13(16)8-17/h3-4,7,10,13,17H,5-6,8H2,1-2H3. The number of carbonyl (C=O) groups is 1. The Morgan fingerprint density at radius 2 is 2.28 bits per heavy atom. The Kier molecular flexibility index (Phi) is 3.66. The van der Waals surface area contributed by atoms with Gasteiger partial charge in [-0.1, -0.05) is 13.0 Å². The van der Waals surface area contributed by atoms with Crippen LogP contribution < -0.4 is 0 Å². The van der Waals surface area contributed by atoms with Crippen molar-refractivity contribution in [3.63, 3.8) is 0 Å². The highest BCUT2D eigenvalue weighted by atomic mass is 19.1. The van der Waals surface area contributed by atoms with Crippen LogP contribution in [-0.2, 0) is 0 Å². The van der Waals surface area contributed by atoms with Crippen LogP contribution in [0.15, 0.2) is 18.2 Å². The molecule has 1 aliphatic rings. The number of halogens is 1. The number of nitrogens with zero attached hydrogens (tertiary/aromatic N) is 1. The van der Waals surface area contributed by atoms with Gasteiger partial charge in [0.15, 0.2) is 0 Å². The molecule has 0 radical (unpaired) electrons. The summed E-state index contributed by atoms with van der Waals surface area (Å²) in [7, 11) is 0. The van der Waals surface area contributed by atoms with Gasteiger partial charge in [-0.25, -0.2) is 4.39 Å². The Bertz CT molecular complexity index is 461. The molecule has 0 aromatic heterocycles. The van der Waals surface area contributed by atoms with E-state index in [-0.39, 0.29) is 30.3 Å². The van der Waals surface area contributed by atoms with Gasteiger partial charge >= 0.3 is 0 Å². The van der Waals surface area contributed by atoms with E-state index in [9.17, 15) is 14.3 Å². The molecule has 1 N–H and O–H groups in total. The van der Waals surface area contributed by atoms with Gasteiger partial charge in [0.05, 0.1) is 12.6 Å². The first-order valence-electron chi connectivity index (χ1n) is 6.22. The molecule has 1 saturated heterocycles. The van der Waals surface area contributed by atoms with Crippen molar-refractivity contribution in [1.82, 2.24) is 4.90 Å². The average Bonchev–Trinajstić information content (AvgIpc) is 2.73. The molecule has 3 nitrogen and oxygen atoms in total. The molecule has 4 heteroatoms. The van der Waals surface area contributed by atoms with E-state index in [1.165, 1.54) is 6.07 Å². The van der Waals surface area contributed by atoms with Crippen molar-refractivity contribution in [2.45, 2.75) is 26.3 Å². The van der Waals surface area contributed by atoms with Crippen LogP contribution in [0.1, 0.15) is 29.3 Å². The molecular weight excluding hydrogens is 233 g/mol. The van der Waals surface area contributed by atoms with E-state index >= 15 is 0 Å². The fourth-order valence-electron chi connectivity index (χ4n) is 2.43. The van der Waals surface area contributed by atoms with Gasteiger partial charge in [0, 0.05) is 12.1 Å². The van der Waals surface area contributed by atoms with Crippen molar-refractivity contribution in [3.8, 4) is 0 Å². The summed E-state index contributed by atoms with van der Waals surface area (Å²) >= 11 is 0. The maximum absolute atomic E-state index is 13.5. The van der Waals surface area contributed by atoms with E-state index in [1.54, 1.807) is 24.0 Å². The first kappa shape index (κ1) is 13.0. The minimum absolute atomic E-state index is 0.0404. The van der Waals surface area contributed by atoms with Crippen LogP contribution in [0.5, 0.6) is 0 Å². The number of carbonyl (C=O) groups excluding carboxylic acids is 1. The quantitative estimate of drug-likeness (QED) is 0.873. The van der Waals surface area contributed by atoms with Crippen LogP contribution in [0.2, 0.25) is 0 Å². The topological polar surface area (TPSA) is 40.5 Å². The van der Waals surface area contributed by atoms with Gasteiger partial charge in [0.2, 0.25) is 0 Å². The largest absolute Gasteiger partial charge is 0.394 e. The summed E-state index contributed by atoms with van der Waals surface area (Å²) < 4.78 is 13.5. The van der Waals surface area contributed by atoms with Gasteiger partial charge in [0.1, 0.15) is 5.82 Å². The molecule has 2 unspecified atom stereocenters. The smallest absolute Gasteiger partial charge is 0.254 e. The minimum atomic E-state index is -0.367. The number of hydrogen-bond acceptors (Lipinski definition) is 2. The van der Waals surface area contributed by atoms with E-state index in [0.29, 0.717) is 17.7 Å². The predicted octanol–water partition coefficient (Wildman–Crippen LogP) is 1.98. The number of amides is 1. The molecule has 2 atom stereocenters. The summed E-state index contributed by atoms with van der Waals surface area (Å²) in [6.07, 6.45) is 0.880. The van der Waals surface area contributed by atoms with Crippen LogP contribution in [-0.4, -0.2) is 35.1 Å². The number of likely N-dealkylation sites (tertiary alicyclic amines) is 1. The third-order valence-corrected chi connectivity index (χ3v) is 3.75.